The Morgan fingerprint density at radius 3 is 2.25 bits per heavy atom. The van der Waals surface area contributed by atoms with Gasteiger partial charge in [-0.15, -0.1) is 0 Å². The number of likely N-dealkylation sites (N-methyl/N-ethyl adjacent to an activating group) is 1. The molecular formula is C17H31F3N4. The van der Waals surface area contributed by atoms with Crippen LogP contribution in [0.25, 0.3) is 0 Å². The zero-order chi connectivity index (χ0) is 17.6. The number of hydrogen-bond donors (Lipinski definition) is 2. The second kappa shape index (κ2) is 8.92. The molecule has 4 nitrogen and oxygen atoms in total. The Bertz CT molecular complexity index is 397. The third-order valence-electron chi connectivity index (χ3n) is 5.46. The lowest BCUT2D eigenvalue weighted by Gasteiger charge is -2.31. The summed E-state index contributed by atoms with van der Waals surface area (Å²) in [6.07, 6.45) is 2.69. The minimum Gasteiger partial charge on any atom is -0.355 e. The Balaban J connectivity index is 1.66. The number of nitrogens with one attached hydrogen (secondary N) is 2. The highest BCUT2D eigenvalue weighted by Gasteiger charge is 2.41. The first-order valence-corrected chi connectivity index (χ1v) is 9.14. The Kier molecular flexibility index (Phi) is 7.19. The molecule has 24 heavy (non-hydrogen) atoms. The summed E-state index contributed by atoms with van der Waals surface area (Å²) in [5, 5.41) is 6.56. The van der Waals surface area contributed by atoms with Crippen molar-refractivity contribution in [1.29, 1.82) is 0 Å². The van der Waals surface area contributed by atoms with E-state index in [2.05, 4.69) is 27.6 Å². The van der Waals surface area contributed by atoms with Crippen LogP contribution in [-0.2, 0) is 0 Å². The third-order valence-corrected chi connectivity index (χ3v) is 5.46. The highest BCUT2D eigenvalue weighted by molar-refractivity contribution is 5.79. The monoisotopic (exact) mass is 348 g/mol. The average molecular weight is 348 g/mol. The van der Waals surface area contributed by atoms with Gasteiger partial charge in [0.25, 0.3) is 0 Å². The summed E-state index contributed by atoms with van der Waals surface area (Å²) in [5.41, 5.74) is 0. The van der Waals surface area contributed by atoms with Gasteiger partial charge >= 0.3 is 6.18 Å². The summed E-state index contributed by atoms with van der Waals surface area (Å²) in [5.74, 6) is -0.434. The predicted molar refractivity (Wildman–Crippen MR) is 91.2 cm³/mol. The lowest BCUT2D eigenvalue weighted by molar-refractivity contribution is -0.182. The lowest BCUT2D eigenvalue weighted by atomic mass is 9.85. The predicted octanol–water partition coefficient (Wildman–Crippen LogP) is 3.15. The van der Waals surface area contributed by atoms with E-state index in [4.69, 9.17) is 0 Å². The van der Waals surface area contributed by atoms with Crippen LogP contribution >= 0.6 is 0 Å². The number of guanidine groups is 1. The molecule has 2 saturated carbocycles. The fraction of sp³-hybridized carbons (Fsp3) is 0.941. The number of nitrogens with zero attached hydrogens (tertiary/aromatic N) is 2. The molecule has 2 N–H and O–H groups in total. The number of rotatable bonds is 5. The molecule has 7 heteroatoms. The highest BCUT2D eigenvalue weighted by atomic mass is 19.4. The van der Waals surface area contributed by atoms with Gasteiger partial charge in [0.05, 0.1) is 5.92 Å². The van der Waals surface area contributed by atoms with Crippen LogP contribution in [0.2, 0.25) is 0 Å². The van der Waals surface area contributed by atoms with E-state index >= 15 is 0 Å². The van der Waals surface area contributed by atoms with Gasteiger partial charge in [0.15, 0.2) is 5.96 Å². The summed E-state index contributed by atoms with van der Waals surface area (Å²) in [6.45, 7) is 1.75. The molecule has 2 aliphatic rings. The fourth-order valence-electron chi connectivity index (χ4n) is 3.83. The maximum Gasteiger partial charge on any atom is 0.391 e. The number of halogens is 3. The molecule has 0 aliphatic heterocycles. The summed E-state index contributed by atoms with van der Waals surface area (Å²) >= 11 is 0. The van der Waals surface area contributed by atoms with E-state index in [1.165, 1.54) is 25.7 Å². The largest absolute Gasteiger partial charge is 0.391 e. The van der Waals surface area contributed by atoms with Crippen LogP contribution < -0.4 is 10.6 Å². The minimum absolute atomic E-state index is 0.0855. The molecular weight excluding hydrogens is 317 g/mol. The molecule has 0 saturated heterocycles. The van der Waals surface area contributed by atoms with Crippen molar-refractivity contribution in [3.05, 3.63) is 0 Å². The summed E-state index contributed by atoms with van der Waals surface area (Å²) < 4.78 is 38.1. The van der Waals surface area contributed by atoms with Crippen molar-refractivity contribution in [3.63, 3.8) is 0 Å². The summed E-state index contributed by atoms with van der Waals surface area (Å²) in [4.78, 5) is 6.59. The van der Waals surface area contributed by atoms with Crippen LogP contribution in [-0.4, -0.2) is 56.3 Å². The first-order valence-electron chi connectivity index (χ1n) is 9.14. The zero-order valence-corrected chi connectivity index (χ0v) is 14.8. The molecule has 0 radical (unpaired) electrons. The Morgan fingerprint density at radius 1 is 1.08 bits per heavy atom. The van der Waals surface area contributed by atoms with E-state index in [1.807, 2.05) is 0 Å². The Morgan fingerprint density at radius 2 is 1.71 bits per heavy atom. The number of hydrogen-bond acceptors (Lipinski definition) is 2. The number of alkyl halides is 3. The second-order valence-corrected chi connectivity index (χ2v) is 7.15. The van der Waals surface area contributed by atoms with Crippen LogP contribution in [0.15, 0.2) is 4.99 Å². The molecule has 0 amide bonds. The van der Waals surface area contributed by atoms with Gasteiger partial charge in [-0.25, -0.2) is 0 Å². The van der Waals surface area contributed by atoms with Crippen LogP contribution in [0.1, 0.15) is 51.4 Å². The minimum atomic E-state index is -4.05. The van der Waals surface area contributed by atoms with Crippen molar-refractivity contribution in [2.75, 3.05) is 27.2 Å². The molecule has 0 bridgehead atoms. The van der Waals surface area contributed by atoms with Crippen molar-refractivity contribution >= 4 is 5.96 Å². The van der Waals surface area contributed by atoms with Gasteiger partial charge in [-0.2, -0.15) is 13.2 Å². The van der Waals surface area contributed by atoms with Crippen LogP contribution in [0.3, 0.4) is 0 Å². The maximum atomic E-state index is 12.7. The van der Waals surface area contributed by atoms with E-state index in [0.717, 1.165) is 13.1 Å². The molecule has 0 aromatic rings. The van der Waals surface area contributed by atoms with Crippen molar-refractivity contribution in [1.82, 2.24) is 15.5 Å². The Hall–Kier alpha value is -0.980. The maximum absolute atomic E-state index is 12.7. The number of aliphatic imine (C=N–C) groups is 1. The van der Waals surface area contributed by atoms with E-state index in [-0.39, 0.29) is 18.9 Å². The lowest BCUT2D eigenvalue weighted by Crippen LogP contribution is -2.47. The molecule has 0 aromatic heterocycles. The summed E-state index contributed by atoms with van der Waals surface area (Å²) in [6, 6.07) is 0.779. The molecule has 0 spiro atoms. The highest BCUT2D eigenvalue weighted by Crippen LogP contribution is 2.37. The van der Waals surface area contributed by atoms with Crippen LogP contribution in [0.4, 0.5) is 13.2 Å². The second-order valence-electron chi connectivity index (χ2n) is 7.15. The van der Waals surface area contributed by atoms with Gasteiger partial charge < -0.3 is 15.5 Å². The van der Waals surface area contributed by atoms with E-state index < -0.39 is 12.1 Å². The first kappa shape index (κ1) is 19.3. The first-order chi connectivity index (χ1) is 11.4. The van der Waals surface area contributed by atoms with Crippen molar-refractivity contribution in [2.24, 2.45) is 10.9 Å². The molecule has 2 fully saturated rings. The topological polar surface area (TPSA) is 39.7 Å². The van der Waals surface area contributed by atoms with E-state index in [9.17, 15) is 13.2 Å². The normalized spacial score (nSPS) is 26.8. The van der Waals surface area contributed by atoms with Gasteiger partial charge in [-0.1, -0.05) is 12.8 Å². The van der Waals surface area contributed by atoms with Gasteiger partial charge in [0, 0.05) is 32.2 Å². The van der Waals surface area contributed by atoms with Crippen molar-refractivity contribution < 1.29 is 13.2 Å². The van der Waals surface area contributed by atoms with Crippen LogP contribution in [0.5, 0.6) is 0 Å². The van der Waals surface area contributed by atoms with Crippen molar-refractivity contribution in [3.8, 4) is 0 Å². The molecule has 2 rings (SSSR count). The SMILES string of the molecule is CN=C(NCCN(C)C1CCCC1)NC1CCC(C(F)(F)F)CC1. The van der Waals surface area contributed by atoms with E-state index in [0.29, 0.717) is 24.8 Å². The molecule has 0 aromatic carbocycles. The van der Waals surface area contributed by atoms with Crippen LogP contribution in [0, 0.1) is 5.92 Å². The quantitative estimate of drug-likeness (QED) is 0.592. The average Bonchev–Trinajstić information content (AvgIpc) is 3.08. The zero-order valence-electron chi connectivity index (χ0n) is 14.8. The van der Waals surface area contributed by atoms with Gasteiger partial charge in [-0.3, -0.25) is 4.99 Å². The fourth-order valence-corrected chi connectivity index (χ4v) is 3.83. The molecule has 0 heterocycles. The third kappa shape index (κ3) is 5.83. The molecule has 2 aliphatic carbocycles. The van der Waals surface area contributed by atoms with Gasteiger partial charge in [-0.05, 0) is 45.6 Å². The molecule has 0 atom stereocenters. The van der Waals surface area contributed by atoms with E-state index in [1.54, 1.807) is 7.05 Å². The standard InChI is InChI=1S/C17H31F3N4/c1-21-16(22-11-12-24(2)15-5-3-4-6-15)23-14-9-7-13(8-10-14)17(18,19)20/h13-15H,3-12H2,1-2H3,(H2,21,22,23). The van der Waals surface area contributed by atoms with Gasteiger partial charge in [0.2, 0.25) is 0 Å². The summed E-state index contributed by atoms with van der Waals surface area (Å²) in [7, 11) is 3.86. The van der Waals surface area contributed by atoms with Crippen molar-refractivity contribution in [2.45, 2.75) is 69.6 Å². The molecule has 140 valence electrons. The smallest absolute Gasteiger partial charge is 0.355 e. The molecule has 0 unspecified atom stereocenters. The Labute approximate surface area is 143 Å². The van der Waals surface area contributed by atoms with Gasteiger partial charge in [0.1, 0.15) is 0 Å².